The summed E-state index contributed by atoms with van der Waals surface area (Å²) in [5, 5.41) is 0.207. The van der Waals surface area contributed by atoms with E-state index in [4.69, 9.17) is 23.2 Å². The van der Waals surface area contributed by atoms with Crippen LogP contribution in [0.2, 0.25) is 5.02 Å². The highest BCUT2D eigenvalue weighted by molar-refractivity contribution is 9.10. The number of rotatable bonds is 6. The fraction of sp³-hybridized carbons (Fsp3) is 0.538. The number of hydrogen-bond donors (Lipinski definition) is 0. The molecule has 1 atom stereocenters. The van der Waals surface area contributed by atoms with Crippen LogP contribution < -0.4 is 0 Å². The molecule has 0 aromatic heterocycles. The van der Waals surface area contributed by atoms with Gasteiger partial charge < -0.3 is 0 Å². The maximum absolute atomic E-state index is 13.7. The summed E-state index contributed by atoms with van der Waals surface area (Å²) in [6, 6.07) is 2.98. The number of benzene rings is 1. The summed E-state index contributed by atoms with van der Waals surface area (Å²) < 4.78 is 14.2. The molecule has 0 aliphatic rings. The molecule has 0 spiro atoms. The lowest BCUT2D eigenvalue weighted by Gasteiger charge is -2.12. The Hall–Kier alpha value is 0.210. The molecule has 96 valence electrons. The highest BCUT2D eigenvalue weighted by Gasteiger charge is 2.15. The maximum Gasteiger partial charge on any atom is 0.129 e. The molecule has 0 fully saturated rings. The Morgan fingerprint density at radius 1 is 1.29 bits per heavy atom. The van der Waals surface area contributed by atoms with Crippen LogP contribution in [0.1, 0.15) is 50.0 Å². The summed E-state index contributed by atoms with van der Waals surface area (Å²) in [6.07, 6.45) is 5.34. The Balaban J connectivity index is 2.62. The Bertz CT molecular complexity index is 369. The van der Waals surface area contributed by atoms with Gasteiger partial charge in [0, 0.05) is 10.0 Å². The van der Waals surface area contributed by atoms with E-state index in [-0.39, 0.29) is 11.2 Å². The van der Waals surface area contributed by atoms with Gasteiger partial charge in [-0.15, -0.1) is 11.6 Å². The van der Waals surface area contributed by atoms with Crippen LogP contribution in [0.3, 0.4) is 0 Å². The first kappa shape index (κ1) is 15.3. The predicted molar refractivity (Wildman–Crippen MR) is 76.5 cm³/mol. The lowest BCUT2D eigenvalue weighted by atomic mass is 10.0. The number of alkyl halides is 1. The number of hydrogen-bond acceptors (Lipinski definition) is 0. The first-order valence-corrected chi connectivity index (χ1v) is 7.45. The molecule has 0 amide bonds. The van der Waals surface area contributed by atoms with Gasteiger partial charge in [0.25, 0.3) is 0 Å². The van der Waals surface area contributed by atoms with Gasteiger partial charge in [-0.05, 0) is 34.5 Å². The SMILES string of the molecule is CCCCCCC(Cl)c1cc(Cl)c(Br)cc1F. The van der Waals surface area contributed by atoms with Crippen LogP contribution in [0.5, 0.6) is 0 Å². The van der Waals surface area contributed by atoms with Crippen molar-refractivity contribution in [2.24, 2.45) is 0 Å². The molecule has 1 aromatic rings. The fourth-order valence-electron chi connectivity index (χ4n) is 1.68. The minimum atomic E-state index is -0.295. The summed E-state index contributed by atoms with van der Waals surface area (Å²) >= 11 is 15.3. The number of unbranched alkanes of at least 4 members (excludes halogenated alkanes) is 3. The van der Waals surface area contributed by atoms with Gasteiger partial charge in [0.1, 0.15) is 5.82 Å². The zero-order valence-corrected chi connectivity index (χ0v) is 12.9. The van der Waals surface area contributed by atoms with E-state index >= 15 is 0 Å². The van der Waals surface area contributed by atoms with Crippen molar-refractivity contribution in [2.75, 3.05) is 0 Å². The van der Waals surface area contributed by atoms with Crippen molar-refractivity contribution in [3.8, 4) is 0 Å². The highest BCUT2D eigenvalue weighted by atomic mass is 79.9. The van der Waals surface area contributed by atoms with Crippen LogP contribution in [0.15, 0.2) is 16.6 Å². The molecule has 0 heterocycles. The minimum absolute atomic E-state index is 0.294. The molecule has 0 bridgehead atoms. The molecule has 0 saturated carbocycles. The Kier molecular flexibility index (Phi) is 6.83. The van der Waals surface area contributed by atoms with Crippen molar-refractivity contribution >= 4 is 39.1 Å². The average Bonchev–Trinajstić information content (AvgIpc) is 2.29. The summed E-state index contributed by atoms with van der Waals surface area (Å²) in [5.41, 5.74) is 0.497. The van der Waals surface area contributed by atoms with Crippen molar-refractivity contribution < 1.29 is 4.39 Å². The fourth-order valence-corrected chi connectivity index (χ4v) is 2.49. The van der Waals surface area contributed by atoms with E-state index in [1.54, 1.807) is 6.07 Å². The normalized spacial score (nSPS) is 12.8. The van der Waals surface area contributed by atoms with Gasteiger partial charge in [0.2, 0.25) is 0 Å². The van der Waals surface area contributed by atoms with E-state index < -0.39 is 0 Å². The maximum atomic E-state index is 13.7. The third kappa shape index (κ3) is 4.76. The largest absolute Gasteiger partial charge is 0.207 e. The van der Waals surface area contributed by atoms with Gasteiger partial charge in [-0.2, -0.15) is 0 Å². The first-order chi connectivity index (χ1) is 8.06. The second kappa shape index (κ2) is 7.60. The van der Waals surface area contributed by atoms with E-state index in [0.29, 0.717) is 15.1 Å². The molecule has 1 aromatic carbocycles. The van der Waals surface area contributed by atoms with E-state index in [9.17, 15) is 4.39 Å². The molecule has 0 radical (unpaired) electrons. The third-order valence-electron chi connectivity index (χ3n) is 2.69. The monoisotopic (exact) mass is 340 g/mol. The van der Waals surface area contributed by atoms with Crippen LogP contribution in [0.4, 0.5) is 4.39 Å². The second-order valence-electron chi connectivity index (χ2n) is 4.10. The van der Waals surface area contributed by atoms with E-state index in [0.717, 1.165) is 19.3 Å². The molecule has 0 saturated heterocycles. The molecule has 0 aliphatic heterocycles. The van der Waals surface area contributed by atoms with E-state index in [1.807, 2.05) is 0 Å². The topological polar surface area (TPSA) is 0 Å². The molecule has 0 nitrogen and oxygen atoms in total. The first-order valence-electron chi connectivity index (χ1n) is 5.84. The minimum Gasteiger partial charge on any atom is -0.207 e. The molecule has 4 heteroatoms. The molecular weight excluding hydrogens is 326 g/mol. The van der Waals surface area contributed by atoms with Gasteiger partial charge in [-0.1, -0.05) is 44.2 Å². The summed E-state index contributed by atoms with van der Waals surface area (Å²) in [7, 11) is 0. The van der Waals surface area contributed by atoms with Crippen LogP contribution in [0, 0.1) is 5.82 Å². The third-order valence-corrected chi connectivity index (χ3v) is 4.34. The van der Waals surface area contributed by atoms with E-state index in [2.05, 4.69) is 22.9 Å². The van der Waals surface area contributed by atoms with Crippen LogP contribution >= 0.6 is 39.1 Å². The van der Waals surface area contributed by atoms with Gasteiger partial charge in [-0.25, -0.2) is 4.39 Å². The van der Waals surface area contributed by atoms with Crippen molar-refractivity contribution in [3.05, 3.63) is 33.0 Å². The average molecular weight is 342 g/mol. The molecule has 0 N–H and O–H groups in total. The van der Waals surface area contributed by atoms with Gasteiger partial charge >= 0.3 is 0 Å². The zero-order chi connectivity index (χ0) is 12.8. The summed E-state index contributed by atoms with van der Waals surface area (Å²) in [5.74, 6) is -0.295. The van der Waals surface area contributed by atoms with E-state index in [1.165, 1.54) is 18.9 Å². The van der Waals surface area contributed by atoms with Crippen molar-refractivity contribution in [1.29, 1.82) is 0 Å². The Labute approximate surface area is 121 Å². The van der Waals surface area contributed by atoms with Crippen LogP contribution in [-0.4, -0.2) is 0 Å². The zero-order valence-electron chi connectivity index (χ0n) is 9.78. The molecular formula is C13H16BrCl2F. The predicted octanol–water partition coefficient (Wildman–Crippen LogP) is 6.49. The smallest absolute Gasteiger partial charge is 0.129 e. The lowest BCUT2D eigenvalue weighted by Crippen LogP contribution is -1.96. The second-order valence-corrected chi connectivity index (χ2v) is 5.89. The molecule has 0 aliphatic carbocycles. The Morgan fingerprint density at radius 3 is 2.65 bits per heavy atom. The highest BCUT2D eigenvalue weighted by Crippen LogP contribution is 2.34. The van der Waals surface area contributed by atoms with Gasteiger partial charge in [-0.3, -0.25) is 0 Å². The lowest BCUT2D eigenvalue weighted by molar-refractivity contribution is 0.580. The molecule has 17 heavy (non-hydrogen) atoms. The van der Waals surface area contributed by atoms with Crippen molar-refractivity contribution in [3.63, 3.8) is 0 Å². The van der Waals surface area contributed by atoms with Crippen molar-refractivity contribution in [1.82, 2.24) is 0 Å². The summed E-state index contributed by atoms with van der Waals surface area (Å²) in [6.45, 7) is 2.16. The van der Waals surface area contributed by atoms with Crippen molar-refractivity contribution in [2.45, 2.75) is 44.4 Å². The summed E-state index contributed by atoms with van der Waals surface area (Å²) in [4.78, 5) is 0. The standard InChI is InChI=1S/C13H16BrCl2F/c1-2-3-4-5-6-11(15)9-7-12(16)10(14)8-13(9)17/h7-8,11H,2-6H2,1H3. The Morgan fingerprint density at radius 2 is 2.00 bits per heavy atom. The van der Waals surface area contributed by atoms with Gasteiger partial charge in [0.15, 0.2) is 0 Å². The van der Waals surface area contributed by atoms with Gasteiger partial charge in [0.05, 0.1) is 10.4 Å². The van der Waals surface area contributed by atoms with Crippen LogP contribution in [0.25, 0.3) is 0 Å². The molecule has 1 rings (SSSR count). The van der Waals surface area contributed by atoms with Crippen LogP contribution in [-0.2, 0) is 0 Å². The quantitative estimate of drug-likeness (QED) is 0.315. The molecule has 1 unspecified atom stereocenters. The number of halogens is 4.